The van der Waals surface area contributed by atoms with Gasteiger partial charge in [0.25, 0.3) is 5.91 Å². The Bertz CT molecular complexity index is 1260. The number of carbonyl (C=O) groups excluding carboxylic acids is 1. The molecule has 0 saturated carbocycles. The number of amides is 1. The van der Waals surface area contributed by atoms with Gasteiger partial charge in [0.1, 0.15) is 5.82 Å². The van der Waals surface area contributed by atoms with Crippen molar-refractivity contribution in [1.29, 1.82) is 0 Å². The van der Waals surface area contributed by atoms with E-state index in [0.717, 1.165) is 46.1 Å². The molecular weight excluding hydrogens is 458 g/mol. The normalized spacial score (nSPS) is 11.5. The minimum atomic E-state index is -4.89. The number of rotatable bonds is 6. The molecule has 0 saturated heterocycles. The first-order chi connectivity index (χ1) is 15.7. The summed E-state index contributed by atoms with van der Waals surface area (Å²) in [6, 6.07) is 11.8. The first kappa shape index (κ1) is 22.6. The maximum absolute atomic E-state index is 13.7. The van der Waals surface area contributed by atoms with Crippen LogP contribution < -0.4 is 5.32 Å². The quantitative estimate of drug-likeness (QED) is 0.406. The predicted molar refractivity (Wildman–Crippen MR) is 115 cm³/mol. The lowest BCUT2D eigenvalue weighted by atomic mass is 10.1. The maximum Gasteiger partial charge on any atom is 0.435 e. The molecule has 170 valence electrons. The van der Waals surface area contributed by atoms with Crippen molar-refractivity contribution < 1.29 is 22.4 Å². The molecule has 6 nitrogen and oxygen atoms in total. The van der Waals surface area contributed by atoms with E-state index in [-0.39, 0.29) is 12.2 Å². The van der Waals surface area contributed by atoms with Crippen molar-refractivity contribution in [3.63, 3.8) is 0 Å². The molecule has 11 heteroatoms. The van der Waals surface area contributed by atoms with Crippen LogP contribution in [0.25, 0.3) is 16.9 Å². The van der Waals surface area contributed by atoms with Crippen molar-refractivity contribution in [2.45, 2.75) is 19.5 Å². The van der Waals surface area contributed by atoms with Crippen molar-refractivity contribution in [3.8, 4) is 16.9 Å². The molecule has 0 bridgehead atoms. The van der Waals surface area contributed by atoms with Crippen molar-refractivity contribution >= 4 is 17.2 Å². The van der Waals surface area contributed by atoms with Crippen LogP contribution in [0, 0.1) is 12.7 Å². The second-order valence-corrected chi connectivity index (χ2v) is 8.19. The Morgan fingerprint density at radius 2 is 1.79 bits per heavy atom. The topological polar surface area (TPSA) is 72.7 Å². The molecule has 0 spiro atoms. The lowest BCUT2D eigenvalue weighted by Gasteiger charge is -2.11. The van der Waals surface area contributed by atoms with Gasteiger partial charge in [0.05, 0.1) is 16.4 Å². The van der Waals surface area contributed by atoms with Gasteiger partial charge >= 0.3 is 6.18 Å². The molecule has 1 N–H and O–H groups in total. The molecule has 4 aromatic rings. The number of benzene rings is 2. The summed E-state index contributed by atoms with van der Waals surface area (Å²) in [5.41, 5.74) is 0.499. The summed E-state index contributed by atoms with van der Waals surface area (Å²) in [5, 5.41) is 12.3. The molecule has 0 aliphatic heterocycles. The minimum Gasteiger partial charge on any atom is -0.350 e. The first-order valence-electron chi connectivity index (χ1n) is 9.81. The number of nitrogens with one attached hydrogen (secondary N) is 1. The van der Waals surface area contributed by atoms with Gasteiger partial charge in [0.15, 0.2) is 11.4 Å². The summed E-state index contributed by atoms with van der Waals surface area (Å²) in [7, 11) is 0. The summed E-state index contributed by atoms with van der Waals surface area (Å²) in [5.74, 6) is -1.61. The van der Waals surface area contributed by atoms with E-state index in [2.05, 4.69) is 20.6 Å². The van der Waals surface area contributed by atoms with E-state index in [1.54, 1.807) is 11.3 Å². The summed E-state index contributed by atoms with van der Waals surface area (Å²) in [6.07, 6.45) is -4.48. The van der Waals surface area contributed by atoms with Gasteiger partial charge < -0.3 is 5.32 Å². The van der Waals surface area contributed by atoms with Gasteiger partial charge in [-0.15, -0.1) is 16.4 Å². The molecule has 33 heavy (non-hydrogen) atoms. The second kappa shape index (κ2) is 9.10. The van der Waals surface area contributed by atoms with Crippen molar-refractivity contribution in [2.75, 3.05) is 6.54 Å². The Kier molecular flexibility index (Phi) is 6.23. The molecule has 0 fully saturated rings. The van der Waals surface area contributed by atoms with Crippen LogP contribution in [0.5, 0.6) is 0 Å². The molecular formula is C22H17F4N5OS. The molecule has 0 radical (unpaired) electrons. The minimum absolute atomic E-state index is 0.0642. The number of hydrogen-bond donors (Lipinski definition) is 1. The van der Waals surface area contributed by atoms with Crippen molar-refractivity contribution in [1.82, 2.24) is 25.3 Å². The molecule has 2 heterocycles. The Hall–Kier alpha value is -3.60. The maximum atomic E-state index is 13.7. The summed E-state index contributed by atoms with van der Waals surface area (Å²) < 4.78 is 54.6. The van der Waals surface area contributed by atoms with Gasteiger partial charge in [-0.05, 0) is 43.2 Å². The van der Waals surface area contributed by atoms with E-state index in [9.17, 15) is 22.4 Å². The van der Waals surface area contributed by atoms with Crippen LogP contribution >= 0.6 is 11.3 Å². The summed E-state index contributed by atoms with van der Waals surface area (Å²) in [6.45, 7) is 2.03. The van der Waals surface area contributed by atoms with Gasteiger partial charge in [-0.1, -0.05) is 29.5 Å². The SMILES string of the molecule is Cc1nc(-c2ccc(CCNC(=O)c3nnn(-c4ccc(F)cc4)c3C(F)(F)F)cc2)cs1. The number of aromatic nitrogens is 4. The van der Waals surface area contributed by atoms with Crippen LogP contribution in [-0.2, 0) is 12.6 Å². The third-order valence-electron chi connectivity index (χ3n) is 4.79. The van der Waals surface area contributed by atoms with E-state index in [4.69, 9.17) is 0 Å². The van der Waals surface area contributed by atoms with Gasteiger partial charge in [-0.25, -0.2) is 14.1 Å². The lowest BCUT2D eigenvalue weighted by Crippen LogP contribution is -2.29. The third-order valence-corrected chi connectivity index (χ3v) is 5.57. The highest BCUT2D eigenvalue weighted by atomic mass is 32.1. The Morgan fingerprint density at radius 3 is 2.39 bits per heavy atom. The zero-order valence-corrected chi connectivity index (χ0v) is 18.0. The van der Waals surface area contributed by atoms with Crippen LogP contribution in [0.3, 0.4) is 0 Å². The lowest BCUT2D eigenvalue weighted by molar-refractivity contribution is -0.143. The number of aryl methyl sites for hydroxylation is 1. The van der Waals surface area contributed by atoms with Gasteiger partial charge in [-0.3, -0.25) is 4.79 Å². The van der Waals surface area contributed by atoms with Crippen LogP contribution in [0.2, 0.25) is 0 Å². The molecule has 2 aromatic carbocycles. The standard InChI is InChI=1S/C22H17F4N5OS/c1-13-28-18(12-33-13)15-4-2-14(3-5-15)10-11-27-21(32)19-20(22(24,25)26)31(30-29-19)17-8-6-16(23)7-9-17/h2-9,12H,10-11H2,1H3,(H,27,32). The van der Waals surface area contributed by atoms with Gasteiger partial charge in [0.2, 0.25) is 0 Å². The Morgan fingerprint density at radius 1 is 1.09 bits per heavy atom. The monoisotopic (exact) mass is 475 g/mol. The fraction of sp³-hybridized carbons (Fsp3) is 0.182. The van der Waals surface area contributed by atoms with E-state index >= 15 is 0 Å². The number of carbonyl (C=O) groups is 1. The average molecular weight is 475 g/mol. The van der Waals surface area contributed by atoms with Gasteiger partial charge in [0, 0.05) is 17.5 Å². The molecule has 1 amide bonds. The van der Waals surface area contributed by atoms with Crippen LogP contribution in [0.1, 0.15) is 26.8 Å². The number of hydrogen-bond acceptors (Lipinski definition) is 5. The summed E-state index contributed by atoms with van der Waals surface area (Å²) in [4.78, 5) is 16.9. The predicted octanol–water partition coefficient (Wildman–Crippen LogP) is 4.83. The fourth-order valence-electron chi connectivity index (χ4n) is 3.19. The van der Waals surface area contributed by atoms with Crippen molar-refractivity contribution in [3.05, 3.63) is 81.7 Å². The highest BCUT2D eigenvalue weighted by Crippen LogP contribution is 2.32. The summed E-state index contributed by atoms with van der Waals surface area (Å²) >= 11 is 1.55. The largest absolute Gasteiger partial charge is 0.435 e. The third kappa shape index (κ3) is 5.08. The van der Waals surface area contributed by atoms with Crippen LogP contribution in [-0.4, -0.2) is 32.4 Å². The molecule has 2 aromatic heterocycles. The number of halogens is 4. The highest BCUT2D eigenvalue weighted by molar-refractivity contribution is 7.09. The first-order valence-corrected chi connectivity index (χ1v) is 10.7. The zero-order valence-electron chi connectivity index (χ0n) is 17.2. The zero-order chi connectivity index (χ0) is 23.6. The van der Waals surface area contributed by atoms with Crippen molar-refractivity contribution in [2.24, 2.45) is 0 Å². The number of alkyl halides is 3. The molecule has 0 atom stereocenters. The van der Waals surface area contributed by atoms with Crippen LogP contribution in [0.4, 0.5) is 17.6 Å². The second-order valence-electron chi connectivity index (χ2n) is 7.13. The average Bonchev–Trinajstić information content (AvgIpc) is 3.41. The van der Waals surface area contributed by atoms with Gasteiger partial charge in [-0.2, -0.15) is 13.2 Å². The van der Waals surface area contributed by atoms with E-state index in [1.165, 1.54) is 0 Å². The molecule has 4 rings (SSSR count). The Labute approximate surface area is 189 Å². The molecule has 0 aliphatic carbocycles. The smallest absolute Gasteiger partial charge is 0.350 e. The van der Waals surface area contributed by atoms with Crippen LogP contribution in [0.15, 0.2) is 53.9 Å². The highest BCUT2D eigenvalue weighted by Gasteiger charge is 2.41. The van der Waals surface area contributed by atoms with E-state index in [1.807, 2.05) is 36.6 Å². The Balaban J connectivity index is 1.45. The fourth-order valence-corrected chi connectivity index (χ4v) is 3.82. The van der Waals surface area contributed by atoms with E-state index < -0.39 is 29.3 Å². The molecule has 0 unspecified atom stereocenters. The van der Waals surface area contributed by atoms with E-state index in [0.29, 0.717) is 11.1 Å². The molecule has 0 aliphatic rings. The number of thiazole rings is 1. The number of nitrogens with zero attached hydrogens (tertiary/aromatic N) is 4.